The highest BCUT2D eigenvalue weighted by Crippen LogP contribution is 2.26. The first-order valence-corrected chi connectivity index (χ1v) is 6.47. The molecule has 5 heteroatoms. The Hall–Kier alpha value is -2.33. The second-order valence-corrected chi connectivity index (χ2v) is 4.62. The minimum Gasteiger partial charge on any atom is -0.481 e. The van der Waals surface area contributed by atoms with Gasteiger partial charge in [-0.1, -0.05) is 29.8 Å². The summed E-state index contributed by atoms with van der Waals surface area (Å²) in [5.74, 6) is 1.35. The number of hydrogen-bond acceptors (Lipinski definition) is 3. The van der Waals surface area contributed by atoms with E-state index in [1.807, 2.05) is 48.5 Å². The van der Waals surface area contributed by atoms with Crippen LogP contribution in [0.25, 0.3) is 17.1 Å². The summed E-state index contributed by atoms with van der Waals surface area (Å²) in [6.07, 6.45) is 1.72. The maximum absolute atomic E-state index is 5.90. The van der Waals surface area contributed by atoms with Crippen molar-refractivity contribution >= 4 is 11.6 Å². The quantitative estimate of drug-likeness (QED) is 0.738. The van der Waals surface area contributed by atoms with Crippen LogP contribution in [0.5, 0.6) is 5.88 Å². The summed E-state index contributed by atoms with van der Waals surface area (Å²) in [7, 11) is 1.61. The molecule has 3 aromatic rings. The lowest BCUT2D eigenvalue weighted by Gasteiger charge is -2.03. The summed E-state index contributed by atoms with van der Waals surface area (Å²) in [5.41, 5.74) is 1.78. The monoisotopic (exact) mass is 285 g/mol. The maximum atomic E-state index is 5.90. The zero-order valence-corrected chi connectivity index (χ0v) is 11.6. The third kappa shape index (κ3) is 2.38. The fourth-order valence-electron chi connectivity index (χ4n) is 1.91. The van der Waals surface area contributed by atoms with Crippen LogP contribution in [0.15, 0.2) is 54.7 Å². The molecule has 0 radical (unpaired) electrons. The fourth-order valence-corrected chi connectivity index (χ4v) is 2.04. The Labute approximate surface area is 121 Å². The molecule has 0 atom stereocenters. The van der Waals surface area contributed by atoms with Gasteiger partial charge >= 0.3 is 0 Å². The molecule has 20 heavy (non-hydrogen) atoms. The Morgan fingerprint density at radius 3 is 2.55 bits per heavy atom. The first-order valence-electron chi connectivity index (χ1n) is 6.09. The van der Waals surface area contributed by atoms with Crippen LogP contribution in [0.2, 0.25) is 5.02 Å². The molecule has 0 aliphatic carbocycles. The minimum atomic E-state index is 0.633. The van der Waals surface area contributed by atoms with E-state index in [1.165, 1.54) is 0 Å². The number of ether oxygens (including phenoxy) is 1. The molecule has 0 amide bonds. The van der Waals surface area contributed by atoms with Gasteiger partial charge in [-0.25, -0.2) is 4.98 Å². The predicted octanol–water partition coefficient (Wildman–Crippen LogP) is 3.60. The highest BCUT2D eigenvalue weighted by molar-refractivity contribution is 6.30. The van der Waals surface area contributed by atoms with Gasteiger partial charge in [-0.3, -0.25) is 0 Å². The van der Waals surface area contributed by atoms with E-state index in [2.05, 4.69) is 10.1 Å². The van der Waals surface area contributed by atoms with Crippen molar-refractivity contribution in [2.75, 3.05) is 7.11 Å². The maximum Gasteiger partial charge on any atom is 0.218 e. The SMILES string of the molecule is COc1cc(-c2ccc(Cl)cc2)nn1-c1ccccn1. The molecule has 0 aliphatic heterocycles. The van der Waals surface area contributed by atoms with Gasteiger partial charge in [0, 0.05) is 22.8 Å². The first-order chi connectivity index (χ1) is 9.78. The fraction of sp³-hybridized carbons (Fsp3) is 0.0667. The number of nitrogens with zero attached hydrogens (tertiary/aromatic N) is 3. The van der Waals surface area contributed by atoms with Gasteiger partial charge < -0.3 is 4.74 Å². The highest BCUT2D eigenvalue weighted by atomic mass is 35.5. The Morgan fingerprint density at radius 1 is 1.10 bits per heavy atom. The zero-order chi connectivity index (χ0) is 13.9. The number of rotatable bonds is 3. The molecule has 0 bridgehead atoms. The van der Waals surface area contributed by atoms with Crippen LogP contribution in [0.1, 0.15) is 0 Å². The van der Waals surface area contributed by atoms with Gasteiger partial charge in [0.1, 0.15) is 0 Å². The smallest absolute Gasteiger partial charge is 0.218 e. The van der Waals surface area contributed by atoms with E-state index in [0.717, 1.165) is 11.3 Å². The van der Waals surface area contributed by atoms with Gasteiger partial charge in [0.2, 0.25) is 5.88 Å². The molecule has 0 aliphatic rings. The second-order valence-electron chi connectivity index (χ2n) is 4.18. The molecule has 1 aromatic carbocycles. The van der Waals surface area contributed by atoms with Crippen molar-refractivity contribution in [3.63, 3.8) is 0 Å². The van der Waals surface area contributed by atoms with Crippen molar-refractivity contribution < 1.29 is 4.74 Å². The van der Waals surface area contributed by atoms with E-state index in [0.29, 0.717) is 16.7 Å². The Bertz CT molecular complexity index is 708. The third-order valence-electron chi connectivity index (χ3n) is 2.89. The van der Waals surface area contributed by atoms with Crippen LogP contribution in [-0.2, 0) is 0 Å². The standard InChI is InChI=1S/C15H12ClN3O/c1-20-15-10-13(11-5-7-12(16)8-6-11)18-19(15)14-4-2-3-9-17-14/h2-10H,1H3. The van der Waals surface area contributed by atoms with Crippen molar-refractivity contribution in [1.82, 2.24) is 14.8 Å². The molecule has 0 unspecified atom stereocenters. The van der Waals surface area contributed by atoms with Gasteiger partial charge in [0.15, 0.2) is 5.82 Å². The normalized spacial score (nSPS) is 10.5. The molecule has 0 saturated carbocycles. The topological polar surface area (TPSA) is 39.9 Å². The van der Waals surface area contributed by atoms with Crippen molar-refractivity contribution in [3.05, 3.63) is 59.8 Å². The van der Waals surface area contributed by atoms with Crippen molar-refractivity contribution in [3.8, 4) is 23.0 Å². The van der Waals surface area contributed by atoms with Crippen molar-refractivity contribution in [2.45, 2.75) is 0 Å². The molecular weight excluding hydrogens is 274 g/mol. The number of halogens is 1. The summed E-state index contributed by atoms with van der Waals surface area (Å²) >= 11 is 5.90. The first kappa shape index (κ1) is 12.7. The molecular formula is C15H12ClN3O. The molecule has 3 rings (SSSR count). The molecule has 2 heterocycles. The van der Waals surface area contributed by atoms with Gasteiger partial charge in [-0.2, -0.15) is 9.78 Å². The number of benzene rings is 1. The average molecular weight is 286 g/mol. The molecule has 100 valence electrons. The van der Waals surface area contributed by atoms with E-state index >= 15 is 0 Å². The molecule has 2 aromatic heterocycles. The van der Waals surface area contributed by atoms with Crippen molar-refractivity contribution in [1.29, 1.82) is 0 Å². The van der Waals surface area contributed by atoms with E-state index in [-0.39, 0.29) is 0 Å². The van der Waals surface area contributed by atoms with Gasteiger partial charge in [0.05, 0.1) is 12.8 Å². The van der Waals surface area contributed by atoms with Crippen LogP contribution in [0.3, 0.4) is 0 Å². The Morgan fingerprint density at radius 2 is 1.90 bits per heavy atom. The lowest BCUT2D eigenvalue weighted by atomic mass is 10.2. The Balaban J connectivity index is 2.07. The molecule has 4 nitrogen and oxygen atoms in total. The van der Waals surface area contributed by atoms with Gasteiger partial charge in [-0.15, -0.1) is 0 Å². The van der Waals surface area contributed by atoms with Gasteiger partial charge in [0.25, 0.3) is 0 Å². The summed E-state index contributed by atoms with van der Waals surface area (Å²) in [6, 6.07) is 15.0. The molecule has 0 N–H and O–H groups in total. The zero-order valence-electron chi connectivity index (χ0n) is 10.8. The van der Waals surface area contributed by atoms with E-state index < -0.39 is 0 Å². The van der Waals surface area contributed by atoms with E-state index in [9.17, 15) is 0 Å². The largest absolute Gasteiger partial charge is 0.481 e. The van der Waals surface area contributed by atoms with Crippen LogP contribution >= 0.6 is 11.6 Å². The summed E-state index contributed by atoms with van der Waals surface area (Å²) in [6.45, 7) is 0. The highest BCUT2D eigenvalue weighted by Gasteiger charge is 2.12. The third-order valence-corrected chi connectivity index (χ3v) is 3.14. The van der Waals surface area contributed by atoms with Crippen LogP contribution in [0, 0.1) is 0 Å². The second kappa shape index (κ2) is 5.35. The number of hydrogen-bond donors (Lipinski definition) is 0. The minimum absolute atomic E-state index is 0.633. The predicted molar refractivity (Wildman–Crippen MR) is 78.4 cm³/mol. The lowest BCUT2D eigenvalue weighted by Crippen LogP contribution is -2.01. The number of aromatic nitrogens is 3. The van der Waals surface area contributed by atoms with Crippen LogP contribution < -0.4 is 4.74 Å². The van der Waals surface area contributed by atoms with Gasteiger partial charge in [-0.05, 0) is 24.3 Å². The number of pyridine rings is 1. The van der Waals surface area contributed by atoms with Crippen LogP contribution in [-0.4, -0.2) is 21.9 Å². The van der Waals surface area contributed by atoms with Crippen molar-refractivity contribution in [2.24, 2.45) is 0 Å². The molecule has 0 saturated heterocycles. The number of methoxy groups -OCH3 is 1. The van der Waals surface area contributed by atoms with E-state index in [1.54, 1.807) is 18.0 Å². The van der Waals surface area contributed by atoms with E-state index in [4.69, 9.17) is 16.3 Å². The lowest BCUT2D eigenvalue weighted by molar-refractivity contribution is 0.382. The Kier molecular flexibility index (Phi) is 3.39. The molecule has 0 fully saturated rings. The summed E-state index contributed by atoms with van der Waals surface area (Å²) < 4.78 is 7.03. The summed E-state index contributed by atoms with van der Waals surface area (Å²) in [4.78, 5) is 4.28. The van der Waals surface area contributed by atoms with Crippen LogP contribution in [0.4, 0.5) is 0 Å². The summed E-state index contributed by atoms with van der Waals surface area (Å²) in [5, 5.41) is 5.24. The molecule has 0 spiro atoms. The average Bonchev–Trinajstić information content (AvgIpc) is 2.93.